The molecule has 0 unspecified atom stereocenters. The number of aromatic nitrogens is 1. The lowest BCUT2D eigenvalue weighted by atomic mass is 10.1. The summed E-state index contributed by atoms with van der Waals surface area (Å²) in [5.41, 5.74) is 4.30. The van der Waals surface area contributed by atoms with E-state index >= 15 is 0 Å². The van der Waals surface area contributed by atoms with Crippen LogP contribution in [0.4, 0.5) is 0 Å². The molecule has 2 heterocycles. The second-order valence-electron chi connectivity index (χ2n) is 4.86. The van der Waals surface area contributed by atoms with Gasteiger partial charge >= 0.3 is 0 Å². The van der Waals surface area contributed by atoms with Gasteiger partial charge in [0.2, 0.25) is 0 Å². The van der Waals surface area contributed by atoms with Gasteiger partial charge in [0.15, 0.2) is 0 Å². The molecule has 0 saturated carbocycles. The lowest BCUT2D eigenvalue weighted by molar-refractivity contribution is 0.126. The highest BCUT2D eigenvalue weighted by molar-refractivity contribution is 6.17. The molecule has 0 radical (unpaired) electrons. The molecule has 0 spiro atoms. The van der Waals surface area contributed by atoms with Crippen LogP contribution in [0.1, 0.15) is 11.3 Å². The van der Waals surface area contributed by atoms with Crippen LogP contribution < -0.4 is 0 Å². The van der Waals surface area contributed by atoms with Crippen LogP contribution >= 0.6 is 0 Å². The summed E-state index contributed by atoms with van der Waals surface area (Å²) in [4.78, 5) is 7.52. The van der Waals surface area contributed by atoms with Crippen molar-refractivity contribution >= 4 is 5.71 Å². The van der Waals surface area contributed by atoms with Crippen molar-refractivity contribution in [1.82, 2.24) is 9.47 Å². The predicted octanol–water partition coefficient (Wildman–Crippen LogP) is 2.12. The van der Waals surface area contributed by atoms with E-state index in [0.29, 0.717) is 6.61 Å². The molecule has 0 atom stereocenters. The fraction of sp³-hybridized carbons (Fsp3) is 0.267. The summed E-state index contributed by atoms with van der Waals surface area (Å²) in [6.07, 6.45) is 2.05. The molecule has 0 fully saturated rings. The molecule has 1 aromatic heterocycles. The van der Waals surface area contributed by atoms with Gasteiger partial charge in [0.25, 0.3) is 0 Å². The lowest BCUT2D eigenvalue weighted by Gasteiger charge is -2.07. The van der Waals surface area contributed by atoms with Crippen LogP contribution in [0.5, 0.6) is 0 Å². The van der Waals surface area contributed by atoms with Gasteiger partial charge in [-0.25, -0.2) is 0 Å². The Morgan fingerprint density at radius 2 is 2.00 bits per heavy atom. The Hall–Kier alpha value is -2.07. The molecular weight excluding hydrogens is 238 g/mol. The van der Waals surface area contributed by atoms with Gasteiger partial charge in [-0.05, 0) is 32.3 Å². The van der Waals surface area contributed by atoms with Gasteiger partial charge < -0.3 is 14.3 Å². The molecule has 19 heavy (non-hydrogen) atoms. The number of oxime groups is 1. The van der Waals surface area contributed by atoms with Gasteiger partial charge in [-0.1, -0.05) is 23.4 Å². The maximum atomic E-state index is 5.44. The summed E-state index contributed by atoms with van der Waals surface area (Å²) in [5, 5.41) is 4.32. The first-order valence-corrected chi connectivity index (χ1v) is 6.39. The van der Waals surface area contributed by atoms with Crippen LogP contribution in [0.3, 0.4) is 0 Å². The zero-order valence-corrected chi connectivity index (χ0v) is 11.2. The molecular formula is C15H17N3O. The molecule has 0 aliphatic carbocycles. The van der Waals surface area contributed by atoms with E-state index in [-0.39, 0.29) is 0 Å². The number of hydrogen-bond acceptors (Lipinski definition) is 3. The molecule has 1 aliphatic heterocycles. The molecule has 0 N–H and O–H groups in total. The van der Waals surface area contributed by atoms with Crippen molar-refractivity contribution in [2.45, 2.75) is 0 Å². The summed E-state index contributed by atoms with van der Waals surface area (Å²) in [6.45, 7) is 1.46. The summed E-state index contributed by atoms with van der Waals surface area (Å²) in [7, 11) is 4.04. The molecule has 0 saturated heterocycles. The molecule has 2 aromatic rings. The molecule has 4 heteroatoms. The number of likely N-dealkylation sites (N-methyl/N-ethyl adjacent to an activating group) is 1. The Morgan fingerprint density at radius 3 is 2.84 bits per heavy atom. The highest BCUT2D eigenvalue weighted by atomic mass is 16.6. The second kappa shape index (κ2) is 4.90. The topological polar surface area (TPSA) is 29.8 Å². The van der Waals surface area contributed by atoms with Crippen LogP contribution in [0, 0.1) is 0 Å². The predicted molar refractivity (Wildman–Crippen MR) is 75.9 cm³/mol. The van der Waals surface area contributed by atoms with E-state index in [9.17, 15) is 0 Å². The summed E-state index contributed by atoms with van der Waals surface area (Å²) in [5.74, 6) is 0. The first-order chi connectivity index (χ1) is 9.27. The van der Waals surface area contributed by atoms with Crippen LogP contribution in [-0.4, -0.2) is 42.4 Å². The Labute approximate surface area is 112 Å². The van der Waals surface area contributed by atoms with Crippen LogP contribution in [0.25, 0.3) is 5.69 Å². The molecule has 1 aliphatic rings. The van der Waals surface area contributed by atoms with Crippen LogP contribution in [-0.2, 0) is 4.84 Å². The molecule has 98 valence electrons. The number of nitrogens with zero attached hydrogens (tertiary/aromatic N) is 3. The van der Waals surface area contributed by atoms with Crippen molar-refractivity contribution in [3.05, 3.63) is 53.9 Å². The van der Waals surface area contributed by atoms with Crippen LogP contribution in [0.15, 0.2) is 47.8 Å². The van der Waals surface area contributed by atoms with E-state index < -0.39 is 0 Å². The Kier molecular flexibility index (Phi) is 3.09. The summed E-state index contributed by atoms with van der Waals surface area (Å²) >= 11 is 0. The number of para-hydroxylation sites is 1. The van der Waals surface area contributed by atoms with E-state index in [2.05, 4.69) is 39.0 Å². The van der Waals surface area contributed by atoms with Crippen molar-refractivity contribution in [1.29, 1.82) is 0 Å². The maximum absolute atomic E-state index is 5.44. The molecule has 0 amide bonds. The average Bonchev–Trinajstić information content (AvgIpc) is 2.96. The lowest BCUT2D eigenvalue weighted by Crippen LogP contribution is -2.17. The monoisotopic (exact) mass is 255 g/mol. The van der Waals surface area contributed by atoms with Crippen LogP contribution in [0.2, 0.25) is 0 Å². The van der Waals surface area contributed by atoms with Gasteiger partial charge in [0, 0.05) is 18.3 Å². The SMILES string of the molecule is CN(C)CCO/N=C1/c2ccccc2-n2cccc21. The number of rotatable bonds is 4. The van der Waals surface area contributed by atoms with Gasteiger partial charge in [-0.2, -0.15) is 0 Å². The normalized spacial score (nSPS) is 14.8. The molecule has 3 rings (SSSR count). The maximum Gasteiger partial charge on any atom is 0.136 e. The van der Waals surface area contributed by atoms with E-state index in [4.69, 9.17) is 4.84 Å². The first kappa shape index (κ1) is 12.0. The van der Waals surface area contributed by atoms with Crippen molar-refractivity contribution in [2.24, 2.45) is 5.16 Å². The van der Waals surface area contributed by atoms with Crippen molar-refractivity contribution in [3.8, 4) is 5.69 Å². The number of hydrogen-bond donors (Lipinski definition) is 0. The van der Waals surface area contributed by atoms with Gasteiger partial charge in [0.1, 0.15) is 12.3 Å². The minimum Gasteiger partial charge on any atom is -0.394 e. The highest BCUT2D eigenvalue weighted by Gasteiger charge is 2.24. The Balaban J connectivity index is 1.88. The molecule has 4 nitrogen and oxygen atoms in total. The zero-order valence-electron chi connectivity index (χ0n) is 11.2. The standard InChI is InChI=1S/C15H17N3O/c1-17(2)10-11-19-16-15-12-6-3-4-7-13(12)18-9-5-8-14(15)18/h3-9H,10-11H2,1-2H3/b16-15-. The fourth-order valence-corrected chi connectivity index (χ4v) is 2.24. The summed E-state index contributed by atoms with van der Waals surface area (Å²) in [6, 6.07) is 12.3. The average molecular weight is 255 g/mol. The quantitative estimate of drug-likeness (QED) is 0.528. The smallest absolute Gasteiger partial charge is 0.136 e. The number of benzene rings is 1. The van der Waals surface area contributed by atoms with Crippen molar-refractivity contribution < 1.29 is 4.84 Å². The van der Waals surface area contributed by atoms with E-state index in [1.165, 1.54) is 0 Å². The minimum absolute atomic E-state index is 0.597. The van der Waals surface area contributed by atoms with Gasteiger partial charge in [0.05, 0.1) is 11.4 Å². The molecule has 0 bridgehead atoms. The van der Waals surface area contributed by atoms with E-state index in [1.54, 1.807) is 0 Å². The first-order valence-electron chi connectivity index (χ1n) is 6.39. The molecule has 1 aromatic carbocycles. The van der Waals surface area contributed by atoms with E-state index in [0.717, 1.165) is 29.2 Å². The van der Waals surface area contributed by atoms with Crippen molar-refractivity contribution in [2.75, 3.05) is 27.2 Å². The third-order valence-electron chi connectivity index (χ3n) is 3.20. The Bertz CT molecular complexity index is 613. The Morgan fingerprint density at radius 1 is 1.16 bits per heavy atom. The van der Waals surface area contributed by atoms with Gasteiger partial charge in [-0.3, -0.25) is 0 Å². The van der Waals surface area contributed by atoms with Gasteiger partial charge in [-0.15, -0.1) is 0 Å². The minimum atomic E-state index is 0.597. The largest absolute Gasteiger partial charge is 0.394 e. The fourth-order valence-electron chi connectivity index (χ4n) is 2.24. The van der Waals surface area contributed by atoms with E-state index in [1.807, 2.05) is 32.3 Å². The zero-order chi connectivity index (χ0) is 13.2. The number of fused-ring (bicyclic) bond motifs is 3. The third-order valence-corrected chi connectivity index (χ3v) is 3.20. The highest BCUT2D eigenvalue weighted by Crippen LogP contribution is 2.28. The van der Waals surface area contributed by atoms with Crippen molar-refractivity contribution in [3.63, 3.8) is 0 Å². The summed E-state index contributed by atoms with van der Waals surface area (Å²) < 4.78 is 2.14. The third kappa shape index (κ3) is 2.15. The second-order valence-corrected chi connectivity index (χ2v) is 4.86.